The molecule has 0 aromatic carbocycles. The van der Waals surface area contributed by atoms with Gasteiger partial charge in [-0.1, -0.05) is 0 Å². The first-order valence-corrected chi connectivity index (χ1v) is 7.42. The molecule has 0 aliphatic carbocycles. The number of aromatic nitrogens is 1. The lowest BCUT2D eigenvalue weighted by molar-refractivity contribution is 0.598. The quantitative estimate of drug-likeness (QED) is 0.852. The van der Waals surface area contributed by atoms with Gasteiger partial charge in [0.05, 0.1) is 11.4 Å². The second-order valence-corrected chi connectivity index (χ2v) is 6.59. The number of pyridine rings is 1. The molecule has 0 radical (unpaired) electrons. The van der Waals surface area contributed by atoms with E-state index in [-0.39, 0.29) is 11.8 Å². The van der Waals surface area contributed by atoms with Crippen LogP contribution in [0.3, 0.4) is 0 Å². The highest BCUT2D eigenvalue weighted by Gasteiger charge is 2.13. The van der Waals surface area contributed by atoms with E-state index in [9.17, 15) is 8.42 Å². The molecule has 1 heterocycles. The Morgan fingerprint density at radius 3 is 2.65 bits per heavy atom. The SMILES string of the molecule is CC(CS(C)(=O)=O)Nc1cccnc1N(C)C. The summed E-state index contributed by atoms with van der Waals surface area (Å²) in [6.45, 7) is 1.84. The Labute approximate surface area is 103 Å². The summed E-state index contributed by atoms with van der Waals surface area (Å²) in [5.41, 5.74) is 0.841. The van der Waals surface area contributed by atoms with Crippen LogP contribution in [0.25, 0.3) is 0 Å². The van der Waals surface area contributed by atoms with Gasteiger partial charge in [0.2, 0.25) is 0 Å². The summed E-state index contributed by atoms with van der Waals surface area (Å²) < 4.78 is 22.4. The van der Waals surface area contributed by atoms with E-state index in [0.717, 1.165) is 11.5 Å². The van der Waals surface area contributed by atoms with E-state index in [0.29, 0.717) is 0 Å². The Morgan fingerprint density at radius 2 is 2.12 bits per heavy atom. The van der Waals surface area contributed by atoms with Gasteiger partial charge in [-0.2, -0.15) is 0 Å². The predicted octanol–water partition coefficient (Wildman–Crippen LogP) is 0.993. The number of nitrogens with one attached hydrogen (secondary N) is 1. The van der Waals surface area contributed by atoms with Crippen molar-refractivity contribution in [3.05, 3.63) is 18.3 Å². The van der Waals surface area contributed by atoms with Gasteiger partial charge in [-0.05, 0) is 19.1 Å². The summed E-state index contributed by atoms with van der Waals surface area (Å²) in [5.74, 6) is 0.905. The molecule has 1 N–H and O–H groups in total. The molecule has 0 spiro atoms. The van der Waals surface area contributed by atoms with E-state index in [4.69, 9.17) is 0 Å². The monoisotopic (exact) mass is 257 g/mol. The summed E-state index contributed by atoms with van der Waals surface area (Å²) in [5, 5.41) is 3.17. The summed E-state index contributed by atoms with van der Waals surface area (Å²) in [7, 11) is 0.822. The largest absolute Gasteiger partial charge is 0.379 e. The van der Waals surface area contributed by atoms with E-state index in [2.05, 4.69) is 10.3 Å². The molecule has 0 aliphatic heterocycles. The fraction of sp³-hybridized carbons (Fsp3) is 0.545. The molecule has 0 bridgehead atoms. The van der Waals surface area contributed by atoms with Crippen LogP contribution in [0.15, 0.2) is 18.3 Å². The molecule has 0 amide bonds. The number of nitrogens with zero attached hydrogens (tertiary/aromatic N) is 2. The van der Waals surface area contributed by atoms with Gasteiger partial charge in [-0.25, -0.2) is 13.4 Å². The smallest absolute Gasteiger partial charge is 0.151 e. The van der Waals surface area contributed by atoms with Gasteiger partial charge in [-0.3, -0.25) is 0 Å². The second kappa shape index (κ2) is 5.35. The minimum absolute atomic E-state index is 0.106. The van der Waals surface area contributed by atoms with Gasteiger partial charge in [0.25, 0.3) is 0 Å². The Balaban J connectivity index is 2.81. The Hall–Kier alpha value is -1.30. The van der Waals surface area contributed by atoms with E-state index < -0.39 is 9.84 Å². The van der Waals surface area contributed by atoms with E-state index in [1.165, 1.54) is 6.26 Å². The van der Waals surface area contributed by atoms with Gasteiger partial charge in [0, 0.05) is 32.6 Å². The fourth-order valence-electron chi connectivity index (χ4n) is 1.63. The first kappa shape index (κ1) is 13.8. The van der Waals surface area contributed by atoms with Crippen molar-refractivity contribution in [1.29, 1.82) is 0 Å². The molecule has 0 saturated carbocycles. The normalized spacial score (nSPS) is 13.2. The van der Waals surface area contributed by atoms with Crippen LogP contribution in [0.5, 0.6) is 0 Å². The molecule has 0 saturated heterocycles. The van der Waals surface area contributed by atoms with Crippen LogP contribution >= 0.6 is 0 Å². The molecule has 5 nitrogen and oxygen atoms in total. The van der Waals surface area contributed by atoms with Gasteiger partial charge in [0.15, 0.2) is 5.82 Å². The third kappa shape index (κ3) is 4.60. The molecule has 1 aromatic rings. The Morgan fingerprint density at radius 1 is 1.47 bits per heavy atom. The summed E-state index contributed by atoms with van der Waals surface area (Å²) in [4.78, 5) is 6.13. The summed E-state index contributed by atoms with van der Waals surface area (Å²) in [6, 6.07) is 3.57. The number of anilines is 2. The molecule has 0 aliphatic rings. The average Bonchev–Trinajstić information content (AvgIpc) is 2.14. The number of hydrogen-bond donors (Lipinski definition) is 1. The lowest BCUT2D eigenvalue weighted by Gasteiger charge is -2.20. The zero-order valence-corrected chi connectivity index (χ0v) is 11.5. The average molecular weight is 257 g/mol. The van der Waals surface area contributed by atoms with Crippen LogP contribution in [0.4, 0.5) is 11.5 Å². The lowest BCUT2D eigenvalue weighted by Crippen LogP contribution is -2.26. The van der Waals surface area contributed by atoms with Gasteiger partial charge < -0.3 is 10.2 Å². The van der Waals surface area contributed by atoms with Crippen molar-refractivity contribution in [2.24, 2.45) is 0 Å². The molecular formula is C11H19N3O2S. The minimum atomic E-state index is -2.97. The zero-order valence-electron chi connectivity index (χ0n) is 10.6. The van der Waals surface area contributed by atoms with E-state index in [1.807, 2.05) is 38.1 Å². The third-order valence-electron chi connectivity index (χ3n) is 2.16. The zero-order chi connectivity index (χ0) is 13.1. The van der Waals surface area contributed by atoms with Crippen LogP contribution in [0.1, 0.15) is 6.92 Å². The number of hydrogen-bond acceptors (Lipinski definition) is 5. The molecule has 6 heteroatoms. The molecule has 1 atom stereocenters. The van der Waals surface area contributed by atoms with Crippen molar-refractivity contribution in [2.45, 2.75) is 13.0 Å². The van der Waals surface area contributed by atoms with Crippen LogP contribution in [0.2, 0.25) is 0 Å². The molecule has 96 valence electrons. The van der Waals surface area contributed by atoms with Crippen molar-refractivity contribution in [1.82, 2.24) is 4.98 Å². The Kier molecular flexibility index (Phi) is 4.34. The molecule has 1 aromatic heterocycles. The van der Waals surface area contributed by atoms with Crippen LogP contribution in [-0.4, -0.2) is 45.5 Å². The summed E-state index contributed by atoms with van der Waals surface area (Å²) in [6.07, 6.45) is 2.95. The third-order valence-corrected chi connectivity index (χ3v) is 3.27. The fourth-order valence-corrected chi connectivity index (χ4v) is 2.62. The topological polar surface area (TPSA) is 62.3 Å². The number of rotatable bonds is 5. The first-order valence-electron chi connectivity index (χ1n) is 5.36. The molecule has 0 fully saturated rings. The van der Waals surface area contributed by atoms with Gasteiger partial charge >= 0.3 is 0 Å². The molecule has 1 rings (SSSR count). The van der Waals surface area contributed by atoms with Gasteiger partial charge in [0.1, 0.15) is 9.84 Å². The van der Waals surface area contributed by atoms with Crippen molar-refractivity contribution in [2.75, 3.05) is 36.3 Å². The first-order chi connectivity index (χ1) is 7.79. The standard InChI is InChI=1S/C11H19N3O2S/c1-9(8-17(4,15)16)13-10-6-5-7-12-11(10)14(2)3/h5-7,9,13H,8H2,1-4H3. The van der Waals surface area contributed by atoms with Crippen molar-refractivity contribution in [3.63, 3.8) is 0 Å². The maximum Gasteiger partial charge on any atom is 0.151 e. The minimum Gasteiger partial charge on any atom is -0.379 e. The molecular weight excluding hydrogens is 238 g/mol. The highest BCUT2D eigenvalue weighted by atomic mass is 32.2. The van der Waals surface area contributed by atoms with Crippen molar-refractivity contribution in [3.8, 4) is 0 Å². The van der Waals surface area contributed by atoms with Crippen LogP contribution in [0, 0.1) is 0 Å². The maximum absolute atomic E-state index is 11.2. The van der Waals surface area contributed by atoms with E-state index >= 15 is 0 Å². The van der Waals surface area contributed by atoms with Crippen LogP contribution in [-0.2, 0) is 9.84 Å². The Bertz CT molecular complexity index is 471. The van der Waals surface area contributed by atoms with Crippen molar-refractivity contribution < 1.29 is 8.42 Å². The number of sulfone groups is 1. The van der Waals surface area contributed by atoms with Crippen molar-refractivity contribution >= 4 is 21.3 Å². The second-order valence-electron chi connectivity index (χ2n) is 4.41. The highest BCUT2D eigenvalue weighted by molar-refractivity contribution is 7.90. The molecule has 17 heavy (non-hydrogen) atoms. The molecule has 1 unspecified atom stereocenters. The maximum atomic E-state index is 11.2. The lowest BCUT2D eigenvalue weighted by atomic mass is 10.3. The highest BCUT2D eigenvalue weighted by Crippen LogP contribution is 2.21. The van der Waals surface area contributed by atoms with Crippen LogP contribution < -0.4 is 10.2 Å². The predicted molar refractivity (Wildman–Crippen MR) is 71.4 cm³/mol. The van der Waals surface area contributed by atoms with Gasteiger partial charge in [-0.15, -0.1) is 0 Å². The van der Waals surface area contributed by atoms with E-state index in [1.54, 1.807) is 6.20 Å². The summed E-state index contributed by atoms with van der Waals surface area (Å²) >= 11 is 0.